The van der Waals surface area contributed by atoms with E-state index in [0.29, 0.717) is 24.4 Å². The van der Waals surface area contributed by atoms with Crippen molar-refractivity contribution < 1.29 is 13.2 Å². The van der Waals surface area contributed by atoms with Gasteiger partial charge in [0.15, 0.2) is 0 Å². The highest BCUT2D eigenvalue weighted by molar-refractivity contribution is 7.89. The van der Waals surface area contributed by atoms with Crippen LogP contribution in [-0.2, 0) is 21.2 Å². The first-order valence-electron chi connectivity index (χ1n) is 8.78. The van der Waals surface area contributed by atoms with Crippen LogP contribution >= 0.6 is 0 Å². The number of likely N-dealkylation sites (N-methyl/N-ethyl adjacent to an activating group) is 1. The largest absolute Gasteiger partial charge is 0.345 e. The molecule has 24 heavy (non-hydrogen) atoms. The quantitative estimate of drug-likeness (QED) is 0.758. The molecule has 0 N–H and O–H groups in total. The lowest BCUT2D eigenvalue weighted by Gasteiger charge is -2.25. The van der Waals surface area contributed by atoms with Crippen molar-refractivity contribution in [3.05, 3.63) is 29.8 Å². The van der Waals surface area contributed by atoms with Gasteiger partial charge in [0.1, 0.15) is 0 Å². The Kier molecular flexibility index (Phi) is 6.80. The van der Waals surface area contributed by atoms with Gasteiger partial charge in [-0.3, -0.25) is 4.79 Å². The highest BCUT2D eigenvalue weighted by Crippen LogP contribution is 2.21. The van der Waals surface area contributed by atoms with E-state index in [9.17, 15) is 13.2 Å². The van der Waals surface area contributed by atoms with Gasteiger partial charge in [-0.15, -0.1) is 0 Å². The van der Waals surface area contributed by atoms with Crippen molar-refractivity contribution >= 4 is 15.9 Å². The van der Waals surface area contributed by atoms with Gasteiger partial charge in [-0.2, -0.15) is 4.31 Å². The van der Waals surface area contributed by atoms with Crippen LogP contribution in [0.3, 0.4) is 0 Å². The van der Waals surface area contributed by atoms with Crippen molar-refractivity contribution in [2.45, 2.75) is 50.3 Å². The molecule has 0 bridgehead atoms. The van der Waals surface area contributed by atoms with Gasteiger partial charge >= 0.3 is 0 Å². The monoisotopic (exact) mass is 352 g/mol. The maximum atomic E-state index is 12.6. The second-order valence-electron chi connectivity index (χ2n) is 6.45. The number of sulfonamides is 1. The number of carbonyl (C=O) groups is 1. The third-order valence-corrected chi connectivity index (χ3v) is 6.42. The topological polar surface area (TPSA) is 57.7 Å². The molecule has 1 heterocycles. The summed E-state index contributed by atoms with van der Waals surface area (Å²) in [6.45, 7) is 4.06. The molecular weight excluding hydrogens is 324 g/mol. The predicted molar refractivity (Wildman–Crippen MR) is 95.3 cm³/mol. The van der Waals surface area contributed by atoms with Crippen molar-refractivity contribution in [2.24, 2.45) is 0 Å². The molecule has 134 valence electrons. The second-order valence-corrected chi connectivity index (χ2v) is 8.39. The summed E-state index contributed by atoms with van der Waals surface area (Å²) in [7, 11) is -1.58. The molecule has 1 saturated heterocycles. The Labute approximate surface area is 145 Å². The number of unbranched alkanes of at least 4 members (excludes halogenated alkanes) is 1. The summed E-state index contributed by atoms with van der Waals surface area (Å²) >= 11 is 0. The number of rotatable bonds is 7. The lowest BCUT2D eigenvalue weighted by atomic mass is 10.1. The summed E-state index contributed by atoms with van der Waals surface area (Å²) < 4.78 is 26.8. The Bertz CT molecular complexity index is 635. The normalized spacial score (nSPS) is 16.1. The number of amides is 1. The standard InChI is InChI=1S/C18H28N2O3S/c1-3-4-12-19(2)18(21)15-16-8-10-17(11-9-16)24(22,23)20-13-6-5-7-14-20/h8-11H,3-7,12-15H2,1-2H3. The average molecular weight is 353 g/mol. The van der Waals surface area contributed by atoms with Crippen molar-refractivity contribution in [1.29, 1.82) is 0 Å². The molecule has 0 unspecified atom stereocenters. The summed E-state index contributed by atoms with van der Waals surface area (Å²) in [6.07, 6.45) is 5.31. The minimum atomic E-state index is -3.40. The van der Waals surface area contributed by atoms with E-state index in [4.69, 9.17) is 0 Å². The average Bonchev–Trinajstić information content (AvgIpc) is 2.60. The molecule has 0 saturated carbocycles. The number of hydrogen-bond donors (Lipinski definition) is 0. The first-order valence-corrected chi connectivity index (χ1v) is 10.2. The molecule has 1 fully saturated rings. The molecule has 0 aliphatic carbocycles. The summed E-state index contributed by atoms with van der Waals surface area (Å²) in [6, 6.07) is 6.75. The molecule has 6 heteroatoms. The third-order valence-electron chi connectivity index (χ3n) is 4.50. The molecule has 1 aromatic carbocycles. The Morgan fingerprint density at radius 3 is 2.33 bits per heavy atom. The predicted octanol–water partition coefficient (Wildman–Crippen LogP) is 2.66. The zero-order valence-corrected chi connectivity index (χ0v) is 15.5. The molecule has 5 nitrogen and oxygen atoms in total. The minimum absolute atomic E-state index is 0.0649. The lowest BCUT2D eigenvalue weighted by molar-refractivity contribution is -0.129. The highest BCUT2D eigenvalue weighted by atomic mass is 32.2. The van der Waals surface area contributed by atoms with Crippen molar-refractivity contribution in [1.82, 2.24) is 9.21 Å². The van der Waals surface area contributed by atoms with Gasteiger partial charge in [-0.05, 0) is 37.0 Å². The van der Waals surface area contributed by atoms with Crippen LogP contribution in [0, 0.1) is 0 Å². The molecule has 0 spiro atoms. The van der Waals surface area contributed by atoms with Gasteiger partial charge in [0.05, 0.1) is 11.3 Å². The number of nitrogens with zero attached hydrogens (tertiary/aromatic N) is 2. The van der Waals surface area contributed by atoms with Crippen molar-refractivity contribution in [3.8, 4) is 0 Å². The SMILES string of the molecule is CCCCN(C)C(=O)Cc1ccc(S(=O)(=O)N2CCCCC2)cc1. The van der Waals surface area contributed by atoms with E-state index in [0.717, 1.165) is 44.2 Å². The van der Waals surface area contributed by atoms with Gasteiger partial charge in [0.2, 0.25) is 15.9 Å². The third kappa shape index (κ3) is 4.80. The first kappa shape index (κ1) is 18.9. The van der Waals surface area contributed by atoms with E-state index >= 15 is 0 Å². The van der Waals surface area contributed by atoms with Crippen molar-refractivity contribution in [3.63, 3.8) is 0 Å². The van der Waals surface area contributed by atoms with Crippen LogP contribution in [0.25, 0.3) is 0 Å². The van der Waals surface area contributed by atoms with Crippen LogP contribution in [0.4, 0.5) is 0 Å². The van der Waals surface area contributed by atoms with E-state index in [1.54, 1.807) is 33.5 Å². The zero-order chi connectivity index (χ0) is 17.6. The Morgan fingerprint density at radius 2 is 1.75 bits per heavy atom. The molecular formula is C18H28N2O3S. The molecule has 0 aromatic heterocycles. The van der Waals surface area contributed by atoms with E-state index in [2.05, 4.69) is 6.92 Å². The number of carbonyl (C=O) groups excluding carboxylic acids is 1. The molecule has 2 rings (SSSR count). The summed E-state index contributed by atoms with van der Waals surface area (Å²) in [4.78, 5) is 14.2. The summed E-state index contributed by atoms with van der Waals surface area (Å²) in [5.74, 6) is 0.0649. The Hall–Kier alpha value is -1.40. The maximum Gasteiger partial charge on any atom is 0.243 e. The van der Waals surface area contributed by atoms with Gasteiger partial charge in [0.25, 0.3) is 0 Å². The molecule has 1 aromatic rings. The number of hydrogen-bond acceptors (Lipinski definition) is 3. The summed E-state index contributed by atoms with van der Waals surface area (Å²) in [5.41, 5.74) is 0.848. The van der Waals surface area contributed by atoms with E-state index < -0.39 is 10.0 Å². The smallest absolute Gasteiger partial charge is 0.243 e. The number of piperidine rings is 1. The van der Waals surface area contributed by atoms with Crippen LogP contribution in [-0.4, -0.2) is 50.2 Å². The van der Waals surface area contributed by atoms with Gasteiger partial charge < -0.3 is 4.90 Å². The van der Waals surface area contributed by atoms with Crippen LogP contribution in [0.1, 0.15) is 44.6 Å². The van der Waals surface area contributed by atoms with Crippen LogP contribution < -0.4 is 0 Å². The molecule has 1 aliphatic rings. The van der Waals surface area contributed by atoms with E-state index in [1.807, 2.05) is 7.05 Å². The van der Waals surface area contributed by atoms with E-state index in [-0.39, 0.29) is 5.91 Å². The van der Waals surface area contributed by atoms with Gasteiger partial charge in [0, 0.05) is 26.7 Å². The fraction of sp³-hybridized carbons (Fsp3) is 0.611. The fourth-order valence-electron chi connectivity index (χ4n) is 2.86. The summed E-state index contributed by atoms with van der Waals surface area (Å²) in [5, 5.41) is 0. The Balaban J connectivity index is 2.01. The van der Waals surface area contributed by atoms with Crippen LogP contribution in [0.2, 0.25) is 0 Å². The van der Waals surface area contributed by atoms with Crippen molar-refractivity contribution in [2.75, 3.05) is 26.7 Å². The molecule has 0 atom stereocenters. The zero-order valence-electron chi connectivity index (χ0n) is 14.7. The fourth-order valence-corrected chi connectivity index (χ4v) is 4.38. The van der Waals surface area contributed by atoms with Gasteiger partial charge in [-0.1, -0.05) is 31.9 Å². The van der Waals surface area contributed by atoms with E-state index in [1.165, 1.54) is 0 Å². The Morgan fingerprint density at radius 1 is 1.12 bits per heavy atom. The van der Waals surface area contributed by atoms with Crippen LogP contribution in [0.15, 0.2) is 29.2 Å². The molecule has 0 radical (unpaired) electrons. The first-order chi connectivity index (χ1) is 11.4. The molecule has 1 aliphatic heterocycles. The van der Waals surface area contributed by atoms with Gasteiger partial charge in [-0.25, -0.2) is 8.42 Å². The lowest BCUT2D eigenvalue weighted by Crippen LogP contribution is -2.35. The van der Waals surface area contributed by atoms with Crippen LogP contribution in [0.5, 0.6) is 0 Å². The maximum absolute atomic E-state index is 12.6. The molecule has 1 amide bonds. The number of benzene rings is 1. The highest BCUT2D eigenvalue weighted by Gasteiger charge is 2.25. The minimum Gasteiger partial charge on any atom is -0.345 e. The second kappa shape index (κ2) is 8.62.